The van der Waals surface area contributed by atoms with E-state index in [0.29, 0.717) is 5.69 Å². The number of amides is 1. The number of carbonyl (C=O) groups is 2. The maximum absolute atomic E-state index is 12.5. The highest BCUT2D eigenvalue weighted by molar-refractivity contribution is 5.99. The highest BCUT2D eigenvalue weighted by Gasteiger charge is 2.20. The van der Waals surface area contributed by atoms with Crippen LogP contribution < -0.4 is 5.32 Å². The first-order valence-electron chi connectivity index (χ1n) is 8.50. The smallest absolute Gasteiger partial charge is 0.338 e. The zero-order valence-corrected chi connectivity index (χ0v) is 14.8. The largest absolute Gasteiger partial charge is 0.508 e. The van der Waals surface area contributed by atoms with Gasteiger partial charge in [-0.05, 0) is 42.8 Å². The number of phenolic OH excluding ortho intramolecular Hbond substituents is 1. The molecule has 27 heavy (non-hydrogen) atoms. The van der Waals surface area contributed by atoms with Crippen LogP contribution in [0.3, 0.4) is 0 Å². The maximum Gasteiger partial charge on any atom is 0.338 e. The van der Waals surface area contributed by atoms with Crippen molar-refractivity contribution in [3.63, 3.8) is 0 Å². The first-order valence-corrected chi connectivity index (χ1v) is 8.50. The molecule has 5 heteroatoms. The van der Waals surface area contributed by atoms with Crippen LogP contribution in [0.15, 0.2) is 78.9 Å². The fraction of sp³-hybridized carbons (Fsp3) is 0.0909. The lowest BCUT2D eigenvalue weighted by Crippen LogP contribution is -2.30. The predicted molar refractivity (Wildman–Crippen MR) is 103 cm³/mol. The highest BCUT2D eigenvalue weighted by Crippen LogP contribution is 2.27. The van der Waals surface area contributed by atoms with E-state index in [-0.39, 0.29) is 11.3 Å². The summed E-state index contributed by atoms with van der Waals surface area (Å²) < 4.78 is 5.22. The van der Waals surface area contributed by atoms with Crippen molar-refractivity contribution in [1.82, 2.24) is 0 Å². The summed E-state index contributed by atoms with van der Waals surface area (Å²) in [5, 5.41) is 12.1. The van der Waals surface area contributed by atoms with Gasteiger partial charge in [0.1, 0.15) is 5.75 Å². The Morgan fingerprint density at radius 2 is 1.52 bits per heavy atom. The number of hydrogen-bond donors (Lipinski definition) is 2. The Hall–Kier alpha value is -3.60. The van der Waals surface area contributed by atoms with E-state index >= 15 is 0 Å². The van der Waals surface area contributed by atoms with Crippen molar-refractivity contribution in [1.29, 1.82) is 0 Å². The fourth-order valence-corrected chi connectivity index (χ4v) is 2.58. The molecule has 0 saturated heterocycles. The van der Waals surface area contributed by atoms with Crippen molar-refractivity contribution in [2.24, 2.45) is 0 Å². The molecule has 0 heterocycles. The minimum Gasteiger partial charge on any atom is -0.508 e. The summed E-state index contributed by atoms with van der Waals surface area (Å²) in [5.74, 6) is -1.01. The Morgan fingerprint density at radius 3 is 2.22 bits per heavy atom. The molecule has 2 N–H and O–H groups in total. The van der Waals surface area contributed by atoms with Crippen LogP contribution in [0.2, 0.25) is 0 Å². The number of esters is 1. The van der Waals surface area contributed by atoms with Gasteiger partial charge in [0.05, 0.1) is 5.56 Å². The molecule has 1 atom stereocenters. The number of hydrogen-bond acceptors (Lipinski definition) is 4. The van der Waals surface area contributed by atoms with Gasteiger partial charge in [0.25, 0.3) is 5.91 Å². The van der Waals surface area contributed by atoms with Gasteiger partial charge in [0.15, 0.2) is 6.10 Å². The van der Waals surface area contributed by atoms with E-state index in [1.807, 2.05) is 48.5 Å². The number of nitrogens with one attached hydrogen (secondary N) is 1. The number of benzene rings is 3. The van der Waals surface area contributed by atoms with Crippen molar-refractivity contribution >= 4 is 17.6 Å². The first-order chi connectivity index (χ1) is 13.0. The monoisotopic (exact) mass is 361 g/mol. The van der Waals surface area contributed by atoms with Gasteiger partial charge in [0, 0.05) is 11.3 Å². The normalized spacial score (nSPS) is 11.4. The Kier molecular flexibility index (Phi) is 5.52. The van der Waals surface area contributed by atoms with Gasteiger partial charge in [-0.3, -0.25) is 4.79 Å². The van der Waals surface area contributed by atoms with Crippen molar-refractivity contribution in [2.75, 3.05) is 5.32 Å². The van der Waals surface area contributed by atoms with E-state index in [4.69, 9.17) is 4.74 Å². The second-order valence-corrected chi connectivity index (χ2v) is 6.00. The third-order valence-electron chi connectivity index (χ3n) is 4.03. The van der Waals surface area contributed by atoms with Crippen LogP contribution in [0.25, 0.3) is 11.1 Å². The molecule has 0 unspecified atom stereocenters. The van der Waals surface area contributed by atoms with E-state index in [1.54, 1.807) is 6.07 Å². The van der Waals surface area contributed by atoms with Gasteiger partial charge in [-0.1, -0.05) is 48.5 Å². The van der Waals surface area contributed by atoms with E-state index < -0.39 is 18.0 Å². The summed E-state index contributed by atoms with van der Waals surface area (Å²) in [5.41, 5.74) is 2.75. The molecule has 0 saturated carbocycles. The summed E-state index contributed by atoms with van der Waals surface area (Å²) in [6.45, 7) is 1.51. The minimum absolute atomic E-state index is 0.0508. The average Bonchev–Trinajstić information content (AvgIpc) is 2.69. The molecule has 0 spiro atoms. The molecule has 5 nitrogen and oxygen atoms in total. The van der Waals surface area contributed by atoms with Crippen LogP contribution in [0.1, 0.15) is 17.3 Å². The highest BCUT2D eigenvalue weighted by atomic mass is 16.5. The fourth-order valence-electron chi connectivity index (χ4n) is 2.58. The van der Waals surface area contributed by atoms with Crippen LogP contribution in [-0.2, 0) is 9.53 Å². The molecule has 0 aromatic heterocycles. The molecule has 1 amide bonds. The third-order valence-corrected chi connectivity index (χ3v) is 4.03. The zero-order valence-electron chi connectivity index (χ0n) is 14.8. The predicted octanol–water partition coefficient (Wildman–Crippen LogP) is 4.24. The van der Waals surface area contributed by atoms with Crippen molar-refractivity contribution in [3.8, 4) is 16.9 Å². The number of aromatic hydroxyl groups is 1. The number of para-hydroxylation sites is 1. The molecule has 0 bridgehead atoms. The third kappa shape index (κ3) is 4.52. The Labute approximate surface area is 157 Å². The Morgan fingerprint density at radius 1 is 0.889 bits per heavy atom. The van der Waals surface area contributed by atoms with Gasteiger partial charge in [-0.2, -0.15) is 0 Å². The quantitative estimate of drug-likeness (QED) is 0.667. The molecule has 0 radical (unpaired) electrons. The van der Waals surface area contributed by atoms with Gasteiger partial charge in [-0.25, -0.2) is 4.79 Å². The lowest BCUT2D eigenvalue weighted by molar-refractivity contribution is -0.123. The number of phenols is 1. The molecule has 3 aromatic carbocycles. The molecule has 0 aliphatic heterocycles. The molecular formula is C22H19NO4. The van der Waals surface area contributed by atoms with Crippen molar-refractivity contribution in [2.45, 2.75) is 13.0 Å². The number of rotatable bonds is 5. The van der Waals surface area contributed by atoms with Crippen molar-refractivity contribution in [3.05, 3.63) is 84.4 Å². The van der Waals surface area contributed by atoms with E-state index in [9.17, 15) is 14.7 Å². The van der Waals surface area contributed by atoms with Crippen LogP contribution in [0, 0.1) is 0 Å². The van der Waals surface area contributed by atoms with Gasteiger partial charge in [0.2, 0.25) is 0 Å². The topological polar surface area (TPSA) is 75.6 Å². The van der Waals surface area contributed by atoms with Crippen LogP contribution in [0.5, 0.6) is 5.75 Å². The second-order valence-electron chi connectivity index (χ2n) is 6.00. The van der Waals surface area contributed by atoms with Crippen LogP contribution in [-0.4, -0.2) is 23.1 Å². The van der Waals surface area contributed by atoms with E-state index in [1.165, 1.54) is 31.2 Å². The standard InChI is InChI=1S/C22H19NO4/c1-15(27-22(26)17-11-13-18(24)14-12-17)21(25)23-20-10-6-5-9-19(20)16-7-3-2-4-8-16/h2-15,24H,1H3,(H,23,25)/t15-/m1/s1. The maximum atomic E-state index is 12.5. The Balaban J connectivity index is 1.70. The lowest BCUT2D eigenvalue weighted by Gasteiger charge is -2.16. The molecule has 0 fully saturated rings. The number of anilines is 1. The average molecular weight is 361 g/mol. The van der Waals surface area contributed by atoms with Gasteiger partial charge < -0.3 is 15.2 Å². The molecule has 0 aliphatic rings. The summed E-state index contributed by atoms with van der Waals surface area (Å²) in [7, 11) is 0. The summed E-state index contributed by atoms with van der Waals surface area (Å²) in [6.07, 6.45) is -0.977. The van der Waals surface area contributed by atoms with E-state index in [0.717, 1.165) is 11.1 Å². The number of carbonyl (C=O) groups excluding carboxylic acids is 2. The molecule has 0 aliphatic carbocycles. The molecular weight excluding hydrogens is 342 g/mol. The van der Waals surface area contributed by atoms with Crippen LogP contribution >= 0.6 is 0 Å². The SMILES string of the molecule is C[C@@H](OC(=O)c1ccc(O)cc1)C(=O)Nc1ccccc1-c1ccccc1. The Bertz CT molecular complexity index is 936. The molecule has 3 rings (SSSR count). The van der Waals surface area contributed by atoms with Crippen LogP contribution in [0.4, 0.5) is 5.69 Å². The summed E-state index contributed by atoms with van der Waals surface area (Å²) >= 11 is 0. The van der Waals surface area contributed by atoms with Gasteiger partial charge >= 0.3 is 5.97 Å². The second kappa shape index (κ2) is 8.19. The van der Waals surface area contributed by atoms with Crippen molar-refractivity contribution < 1.29 is 19.4 Å². The zero-order chi connectivity index (χ0) is 19.2. The molecule has 136 valence electrons. The van der Waals surface area contributed by atoms with E-state index in [2.05, 4.69) is 5.32 Å². The first kappa shape index (κ1) is 18.2. The van der Waals surface area contributed by atoms with Gasteiger partial charge in [-0.15, -0.1) is 0 Å². The summed E-state index contributed by atoms with van der Waals surface area (Å²) in [4.78, 5) is 24.6. The summed E-state index contributed by atoms with van der Waals surface area (Å²) in [6, 6.07) is 22.8. The molecule has 3 aromatic rings. The minimum atomic E-state index is -0.977. The lowest BCUT2D eigenvalue weighted by atomic mass is 10.0. The number of ether oxygens (including phenoxy) is 1.